The minimum Gasteiger partial charge on any atom is -0.768 e. The van der Waals surface area contributed by atoms with Crippen LogP contribution in [0.25, 0.3) is 0 Å². The molecule has 0 radical (unpaired) electrons. The summed E-state index contributed by atoms with van der Waals surface area (Å²) in [4.78, 5) is -0.0330. The number of aryl methyl sites for hydroxylation is 1. The lowest BCUT2D eigenvalue weighted by Gasteiger charge is -2.08. The van der Waals surface area contributed by atoms with Crippen molar-refractivity contribution in [3.63, 3.8) is 0 Å². The Kier molecular flexibility index (Phi) is 2.83. The Balaban J connectivity index is 3.17. The summed E-state index contributed by atoms with van der Waals surface area (Å²) in [5.41, 5.74) is 0.895. The van der Waals surface area contributed by atoms with E-state index in [0.717, 1.165) is 12.0 Å². The van der Waals surface area contributed by atoms with E-state index < -0.39 is 11.1 Å². The predicted molar refractivity (Wildman–Crippen MR) is 44.7 cm³/mol. The molecule has 0 aliphatic rings. The first-order valence-corrected chi connectivity index (χ1v) is 4.63. The Morgan fingerprint density at radius 1 is 1.58 bits per heavy atom. The monoisotopic (exact) mass is 185 g/mol. The molecule has 3 nitrogen and oxygen atoms in total. The molecule has 1 N–H and O–H groups in total. The number of hydrogen-bond donors (Lipinski definition) is 1. The van der Waals surface area contributed by atoms with E-state index in [1.54, 1.807) is 6.07 Å². The van der Waals surface area contributed by atoms with E-state index in [1.807, 2.05) is 6.92 Å². The number of phenolic OH excluding ortho intramolecular Hbond substituents is 1. The van der Waals surface area contributed by atoms with Crippen LogP contribution in [0.1, 0.15) is 12.5 Å². The van der Waals surface area contributed by atoms with Gasteiger partial charge in [-0.3, -0.25) is 4.21 Å². The maximum Gasteiger partial charge on any atom is 0.130 e. The molecule has 0 fully saturated rings. The van der Waals surface area contributed by atoms with Crippen molar-refractivity contribution < 1.29 is 13.9 Å². The predicted octanol–water partition coefficient (Wildman–Crippen LogP) is 1.19. The molecule has 4 heteroatoms. The normalized spacial score (nSPS) is 12.8. The van der Waals surface area contributed by atoms with E-state index in [0.29, 0.717) is 0 Å². The molecule has 1 atom stereocenters. The topological polar surface area (TPSA) is 60.4 Å². The third-order valence-corrected chi connectivity index (χ3v) is 2.30. The van der Waals surface area contributed by atoms with Crippen molar-refractivity contribution in [3.05, 3.63) is 23.8 Å². The van der Waals surface area contributed by atoms with Crippen LogP contribution in [0.3, 0.4) is 0 Å². The number of aromatic hydroxyl groups is 1. The van der Waals surface area contributed by atoms with Gasteiger partial charge in [0.25, 0.3) is 0 Å². The first-order valence-electron chi connectivity index (χ1n) is 3.56. The standard InChI is InChI=1S/C8H10O3S/c1-2-6-3-4-7(9)8(5-6)12(10)11/h3-5,9H,2H2,1H3,(H,10,11)/p-1. The van der Waals surface area contributed by atoms with Crippen LogP contribution < -0.4 is 0 Å². The van der Waals surface area contributed by atoms with Gasteiger partial charge in [0.15, 0.2) is 0 Å². The largest absolute Gasteiger partial charge is 0.768 e. The number of rotatable bonds is 2. The highest BCUT2D eigenvalue weighted by Crippen LogP contribution is 2.21. The molecule has 1 aromatic rings. The highest BCUT2D eigenvalue weighted by Gasteiger charge is 2.01. The zero-order chi connectivity index (χ0) is 9.14. The minimum absolute atomic E-state index is 0.0330. The van der Waals surface area contributed by atoms with Gasteiger partial charge in [0.05, 0.1) is 4.90 Å². The lowest BCUT2D eigenvalue weighted by molar-refractivity contribution is 0.454. The quantitative estimate of drug-likeness (QED) is 0.704. The second-order valence-electron chi connectivity index (χ2n) is 2.39. The van der Waals surface area contributed by atoms with Crippen molar-refractivity contribution in [3.8, 4) is 5.75 Å². The van der Waals surface area contributed by atoms with Gasteiger partial charge in [-0.25, -0.2) is 0 Å². The molecule has 0 spiro atoms. The van der Waals surface area contributed by atoms with Crippen molar-refractivity contribution in [2.24, 2.45) is 0 Å². The van der Waals surface area contributed by atoms with E-state index in [4.69, 9.17) is 5.11 Å². The Labute approximate surface area is 73.3 Å². The van der Waals surface area contributed by atoms with Crippen molar-refractivity contribution >= 4 is 11.1 Å². The molecule has 0 heterocycles. The maximum absolute atomic E-state index is 10.5. The summed E-state index contributed by atoms with van der Waals surface area (Å²) in [6, 6.07) is 4.56. The molecule has 1 unspecified atom stereocenters. The second-order valence-corrected chi connectivity index (χ2v) is 3.30. The van der Waals surface area contributed by atoms with Crippen molar-refractivity contribution in [2.45, 2.75) is 18.2 Å². The van der Waals surface area contributed by atoms with E-state index in [1.165, 1.54) is 12.1 Å². The van der Waals surface area contributed by atoms with Gasteiger partial charge in [0.1, 0.15) is 5.75 Å². The Morgan fingerprint density at radius 2 is 2.25 bits per heavy atom. The summed E-state index contributed by atoms with van der Waals surface area (Å²) >= 11 is -2.35. The smallest absolute Gasteiger partial charge is 0.130 e. The number of hydrogen-bond acceptors (Lipinski definition) is 3. The molecule has 12 heavy (non-hydrogen) atoms. The van der Waals surface area contributed by atoms with E-state index >= 15 is 0 Å². The highest BCUT2D eigenvalue weighted by molar-refractivity contribution is 7.79. The van der Waals surface area contributed by atoms with Crippen LogP contribution in [0.2, 0.25) is 0 Å². The third kappa shape index (κ3) is 1.84. The summed E-state index contributed by atoms with van der Waals surface area (Å²) in [5.74, 6) is -0.194. The SMILES string of the molecule is CCc1ccc(O)c(S(=O)[O-])c1. The van der Waals surface area contributed by atoms with Crippen LogP contribution in [-0.4, -0.2) is 13.9 Å². The molecular weight excluding hydrogens is 176 g/mol. The Morgan fingerprint density at radius 3 is 2.75 bits per heavy atom. The molecule has 0 aromatic heterocycles. The van der Waals surface area contributed by atoms with Crippen LogP contribution in [0.4, 0.5) is 0 Å². The third-order valence-electron chi connectivity index (χ3n) is 1.61. The molecule has 1 rings (SSSR count). The van der Waals surface area contributed by atoms with Gasteiger partial charge in [-0.05, 0) is 35.2 Å². The fourth-order valence-electron chi connectivity index (χ4n) is 0.912. The van der Waals surface area contributed by atoms with Gasteiger partial charge in [-0.15, -0.1) is 0 Å². The van der Waals surface area contributed by atoms with Crippen LogP contribution in [-0.2, 0) is 17.5 Å². The summed E-state index contributed by atoms with van der Waals surface area (Å²) in [6.45, 7) is 1.92. The van der Waals surface area contributed by atoms with Crippen LogP contribution in [0.15, 0.2) is 23.1 Å². The first-order chi connectivity index (χ1) is 5.65. The van der Waals surface area contributed by atoms with E-state index in [9.17, 15) is 8.76 Å². The lowest BCUT2D eigenvalue weighted by Crippen LogP contribution is -1.91. The molecule has 0 aliphatic carbocycles. The van der Waals surface area contributed by atoms with Crippen molar-refractivity contribution in [2.75, 3.05) is 0 Å². The fraction of sp³-hybridized carbons (Fsp3) is 0.250. The van der Waals surface area contributed by atoms with Crippen molar-refractivity contribution in [1.82, 2.24) is 0 Å². The summed E-state index contributed by atoms with van der Waals surface area (Å²) < 4.78 is 21.1. The van der Waals surface area contributed by atoms with Gasteiger partial charge >= 0.3 is 0 Å². The Bertz CT molecular complexity index is 309. The lowest BCUT2D eigenvalue weighted by atomic mass is 10.2. The first kappa shape index (κ1) is 9.22. The van der Waals surface area contributed by atoms with Crippen molar-refractivity contribution in [1.29, 1.82) is 0 Å². The van der Waals surface area contributed by atoms with Crippen LogP contribution in [0.5, 0.6) is 5.75 Å². The average molecular weight is 185 g/mol. The molecule has 1 aromatic carbocycles. The molecule has 0 bridgehead atoms. The average Bonchev–Trinajstić information content (AvgIpc) is 2.05. The summed E-state index contributed by atoms with van der Waals surface area (Å²) in [6.07, 6.45) is 0.754. The van der Waals surface area contributed by atoms with Gasteiger partial charge in [0, 0.05) is 0 Å². The van der Waals surface area contributed by atoms with E-state index in [2.05, 4.69) is 0 Å². The highest BCUT2D eigenvalue weighted by atomic mass is 32.2. The van der Waals surface area contributed by atoms with Gasteiger partial charge < -0.3 is 9.66 Å². The van der Waals surface area contributed by atoms with E-state index in [-0.39, 0.29) is 10.6 Å². The summed E-state index contributed by atoms with van der Waals surface area (Å²) in [7, 11) is 0. The van der Waals surface area contributed by atoms with Gasteiger partial charge in [-0.1, -0.05) is 13.0 Å². The van der Waals surface area contributed by atoms with Gasteiger partial charge in [0.2, 0.25) is 0 Å². The number of phenols is 1. The molecule has 0 aliphatic heterocycles. The maximum atomic E-state index is 10.5. The molecule has 66 valence electrons. The molecule has 0 saturated carbocycles. The fourth-order valence-corrected chi connectivity index (χ4v) is 1.40. The Hall–Kier alpha value is -0.870. The zero-order valence-corrected chi connectivity index (χ0v) is 7.43. The minimum atomic E-state index is -2.35. The molecular formula is C8H9O3S-. The molecule has 0 amide bonds. The zero-order valence-electron chi connectivity index (χ0n) is 6.61. The van der Waals surface area contributed by atoms with Crippen LogP contribution >= 0.6 is 0 Å². The second kappa shape index (κ2) is 3.69. The summed E-state index contributed by atoms with van der Waals surface area (Å²) in [5, 5.41) is 9.11. The van der Waals surface area contributed by atoms with Crippen LogP contribution in [0, 0.1) is 0 Å². The number of benzene rings is 1. The van der Waals surface area contributed by atoms with Gasteiger partial charge in [-0.2, -0.15) is 0 Å². The molecule has 0 saturated heterocycles.